The molecule has 124 valence electrons. The number of rotatable bonds is 8. The predicted octanol–water partition coefficient (Wildman–Crippen LogP) is 0.121. The molecule has 0 aliphatic heterocycles. The lowest BCUT2D eigenvalue weighted by Gasteiger charge is -2.09. The zero-order chi connectivity index (χ0) is 17.0. The van der Waals surface area contributed by atoms with Gasteiger partial charge < -0.3 is 0 Å². The first-order valence-electron chi connectivity index (χ1n) is 6.22. The Labute approximate surface area is 129 Å². The molecule has 1 aromatic carbocycles. The summed E-state index contributed by atoms with van der Waals surface area (Å²) in [5, 5.41) is 10.7. The van der Waals surface area contributed by atoms with Crippen LogP contribution in [-0.4, -0.2) is 41.1 Å². The fraction of sp³-hybridized carbons (Fsp3) is 0.455. The Kier molecular flexibility index (Phi) is 6.00. The monoisotopic (exact) mass is 351 g/mol. The van der Waals surface area contributed by atoms with E-state index in [1.54, 1.807) is 0 Å². The Bertz CT molecular complexity index is 758. The molecule has 22 heavy (non-hydrogen) atoms. The molecule has 0 amide bonds. The maximum atomic E-state index is 12.1. The van der Waals surface area contributed by atoms with Gasteiger partial charge in [-0.1, -0.05) is 6.07 Å². The topological polar surface area (TPSA) is 135 Å². The lowest BCUT2D eigenvalue weighted by Crippen LogP contribution is -2.29. The Balaban J connectivity index is 2.74. The molecule has 0 radical (unpaired) electrons. The SMILES string of the molecule is Cc1ccc([N+](=O)[O-])cc1S(=O)(=O)NCCCNS(C)(=O)=O. The van der Waals surface area contributed by atoms with E-state index in [0.29, 0.717) is 5.56 Å². The van der Waals surface area contributed by atoms with Crippen LogP contribution in [0.2, 0.25) is 0 Å². The average Bonchev–Trinajstić information content (AvgIpc) is 2.36. The predicted molar refractivity (Wildman–Crippen MR) is 80.5 cm³/mol. The fourth-order valence-corrected chi connectivity index (χ4v) is 3.47. The van der Waals surface area contributed by atoms with E-state index in [1.807, 2.05) is 0 Å². The van der Waals surface area contributed by atoms with Gasteiger partial charge in [0, 0.05) is 25.2 Å². The van der Waals surface area contributed by atoms with Gasteiger partial charge in [-0.05, 0) is 18.9 Å². The molecule has 0 spiro atoms. The van der Waals surface area contributed by atoms with E-state index in [0.717, 1.165) is 12.3 Å². The summed E-state index contributed by atoms with van der Waals surface area (Å²) in [6.45, 7) is 1.63. The van der Waals surface area contributed by atoms with Gasteiger partial charge in [0.15, 0.2) is 0 Å². The first-order chi connectivity index (χ1) is 10.0. The summed E-state index contributed by atoms with van der Waals surface area (Å²) in [5.41, 5.74) is 0.0667. The molecule has 0 heterocycles. The fourth-order valence-electron chi connectivity index (χ4n) is 1.62. The van der Waals surface area contributed by atoms with Crippen molar-refractivity contribution < 1.29 is 21.8 Å². The lowest BCUT2D eigenvalue weighted by atomic mass is 10.2. The molecular formula is C11H17N3O6S2. The standard InChI is InChI=1S/C11H17N3O6S2/c1-9-4-5-10(14(15)16)8-11(9)22(19,20)13-7-3-6-12-21(2,17)18/h4-5,8,12-13H,3,6-7H2,1-2H3. The van der Waals surface area contributed by atoms with Crippen LogP contribution in [0.5, 0.6) is 0 Å². The zero-order valence-corrected chi connectivity index (χ0v) is 13.7. The van der Waals surface area contributed by atoms with Gasteiger partial charge in [0.25, 0.3) is 5.69 Å². The molecule has 1 rings (SSSR count). The second-order valence-electron chi connectivity index (χ2n) is 4.62. The zero-order valence-electron chi connectivity index (χ0n) is 12.1. The molecule has 1 aromatic rings. The first-order valence-corrected chi connectivity index (χ1v) is 9.60. The molecular weight excluding hydrogens is 334 g/mol. The Morgan fingerprint density at radius 1 is 1.14 bits per heavy atom. The van der Waals surface area contributed by atoms with Crippen LogP contribution in [-0.2, 0) is 20.0 Å². The number of nitrogens with one attached hydrogen (secondary N) is 2. The molecule has 0 aromatic heterocycles. The minimum absolute atomic E-state index is 0.00693. The Hall–Kier alpha value is -1.56. The molecule has 11 heteroatoms. The highest BCUT2D eigenvalue weighted by Crippen LogP contribution is 2.21. The van der Waals surface area contributed by atoms with Gasteiger partial charge in [-0.2, -0.15) is 0 Å². The lowest BCUT2D eigenvalue weighted by molar-refractivity contribution is -0.385. The van der Waals surface area contributed by atoms with Crippen molar-refractivity contribution in [3.63, 3.8) is 0 Å². The van der Waals surface area contributed by atoms with Gasteiger partial charge in [0.1, 0.15) is 0 Å². The highest BCUT2D eigenvalue weighted by molar-refractivity contribution is 7.89. The molecule has 0 aliphatic carbocycles. The molecule has 0 saturated carbocycles. The minimum Gasteiger partial charge on any atom is -0.258 e. The van der Waals surface area contributed by atoms with E-state index >= 15 is 0 Å². The molecule has 0 fully saturated rings. The van der Waals surface area contributed by atoms with Crippen molar-refractivity contribution in [2.24, 2.45) is 0 Å². The van der Waals surface area contributed by atoms with Gasteiger partial charge in [0.2, 0.25) is 20.0 Å². The van der Waals surface area contributed by atoms with Crippen molar-refractivity contribution in [3.05, 3.63) is 33.9 Å². The summed E-state index contributed by atoms with van der Waals surface area (Å²) in [5.74, 6) is 0. The van der Waals surface area contributed by atoms with E-state index in [4.69, 9.17) is 0 Å². The van der Waals surface area contributed by atoms with Gasteiger partial charge in [-0.15, -0.1) is 0 Å². The quantitative estimate of drug-likeness (QED) is 0.388. The maximum Gasteiger partial charge on any atom is 0.270 e. The molecule has 0 bridgehead atoms. The van der Waals surface area contributed by atoms with Crippen LogP contribution in [0.25, 0.3) is 0 Å². The molecule has 0 unspecified atom stereocenters. The van der Waals surface area contributed by atoms with Crippen LogP contribution in [0.15, 0.2) is 23.1 Å². The number of benzene rings is 1. The van der Waals surface area contributed by atoms with Crippen molar-refractivity contribution in [3.8, 4) is 0 Å². The Morgan fingerprint density at radius 2 is 1.73 bits per heavy atom. The van der Waals surface area contributed by atoms with E-state index in [1.165, 1.54) is 19.1 Å². The van der Waals surface area contributed by atoms with Crippen LogP contribution in [0.4, 0.5) is 5.69 Å². The molecule has 0 saturated heterocycles. The smallest absolute Gasteiger partial charge is 0.258 e. The van der Waals surface area contributed by atoms with Crippen molar-refractivity contribution >= 4 is 25.7 Å². The summed E-state index contributed by atoms with van der Waals surface area (Å²) in [6, 6.07) is 3.58. The summed E-state index contributed by atoms with van der Waals surface area (Å²) in [6.07, 6.45) is 1.25. The van der Waals surface area contributed by atoms with E-state index in [-0.39, 0.29) is 30.1 Å². The largest absolute Gasteiger partial charge is 0.270 e. The highest BCUT2D eigenvalue weighted by atomic mass is 32.2. The summed E-state index contributed by atoms with van der Waals surface area (Å²) >= 11 is 0. The third-order valence-electron chi connectivity index (χ3n) is 2.68. The van der Waals surface area contributed by atoms with Crippen molar-refractivity contribution in [2.45, 2.75) is 18.2 Å². The number of aryl methyl sites for hydroxylation is 1. The van der Waals surface area contributed by atoms with Crippen molar-refractivity contribution in [2.75, 3.05) is 19.3 Å². The average molecular weight is 351 g/mol. The number of hydrogen-bond acceptors (Lipinski definition) is 6. The van der Waals surface area contributed by atoms with Gasteiger partial charge in [-0.25, -0.2) is 26.3 Å². The summed E-state index contributed by atoms with van der Waals surface area (Å²) in [4.78, 5) is 9.87. The number of nitro benzene ring substituents is 1. The van der Waals surface area contributed by atoms with Crippen LogP contribution in [0.3, 0.4) is 0 Å². The first kappa shape index (κ1) is 18.5. The Morgan fingerprint density at radius 3 is 2.27 bits per heavy atom. The summed E-state index contributed by atoms with van der Waals surface area (Å²) < 4.78 is 50.4. The normalized spacial score (nSPS) is 12.3. The van der Waals surface area contributed by atoms with Crippen LogP contribution in [0, 0.1) is 17.0 Å². The van der Waals surface area contributed by atoms with Crippen molar-refractivity contribution in [1.29, 1.82) is 0 Å². The van der Waals surface area contributed by atoms with Crippen LogP contribution < -0.4 is 9.44 Å². The van der Waals surface area contributed by atoms with Gasteiger partial charge in [0.05, 0.1) is 16.1 Å². The third kappa shape index (κ3) is 5.67. The molecule has 9 nitrogen and oxygen atoms in total. The molecule has 0 atom stereocenters. The maximum absolute atomic E-state index is 12.1. The number of nitrogens with zero attached hydrogens (tertiary/aromatic N) is 1. The number of nitro groups is 1. The van der Waals surface area contributed by atoms with Crippen LogP contribution in [0.1, 0.15) is 12.0 Å². The van der Waals surface area contributed by atoms with E-state index in [2.05, 4.69) is 9.44 Å². The van der Waals surface area contributed by atoms with Gasteiger partial charge in [-0.3, -0.25) is 10.1 Å². The highest BCUT2D eigenvalue weighted by Gasteiger charge is 2.19. The minimum atomic E-state index is -3.89. The second-order valence-corrected chi connectivity index (χ2v) is 8.19. The number of hydrogen-bond donors (Lipinski definition) is 2. The third-order valence-corrected chi connectivity index (χ3v) is 5.01. The van der Waals surface area contributed by atoms with E-state index < -0.39 is 25.0 Å². The summed E-state index contributed by atoms with van der Waals surface area (Å²) in [7, 11) is -7.21. The van der Waals surface area contributed by atoms with Gasteiger partial charge >= 0.3 is 0 Å². The number of non-ortho nitro benzene ring substituents is 1. The number of sulfonamides is 2. The molecule has 2 N–H and O–H groups in total. The van der Waals surface area contributed by atoms with Crippen LogP contribution >= 0.6 is 0 Å². The molecule has 0 aliphatic rings. The van der Waals surface area contributed by atoms with E-state index in [9.17, 15) is 26.9 Å². The second kappa shape index (κ2) is 7.13. The van der Waals surface area contributed by atoms with Crippen molar-refractivity contribution in [1.82, 2.24) is 9.44 Å².